The van der Waals surface area contributed by atoms with E-state index < -0.39 is 0 Å². The molecule has 0 amide bonds. The Kier molecular flexibility index (Phi) is 5.26. The summed E-state index contributed by atoms with van der Waals surface area (Å²) in [5.74, 6) is 0.756. The molecule has 1 heterocycles. The van der Waals surface area contributed by atoms with E-state index >= 15 is 0 Å². The summed E-state index contributed by atoms with van der Waals surface area (Å²) < 4.78 is 0. The second-order valence-electron chi connectivity index (χ2n) is 5.88. The second kappa shape index (κ2) is 6.72. The van der Waals surface area contributed by atoms with E-state index in [-0.39, 0.29) is 0 Å². The first-order chi connectivity index (χ1) is 8.31. The van der Waals surface area contributed by atoms with Crippen molar-refractivity contribution in [2.45, 2.75) is 44.6 Å². The van der Waals surface area contributed by atoms with Crippen molar-refractivity contribution >= 4 is 0 Å². The quantitative estimate of drug-likeness (QED) is 0.763. The molecular formula is C14H29N3. The molecule has 0 radical (unpaired) electrons. The van der Waals surface area contributed by atoms with Crippen LogP contribution in [0.15, 0.2) is 0 Å². The van der Waals surface area contributed by atoms with Gasteiger partial charge in [0.15, 0.2) is 0 Å². The van der Waals surface area contributed by atoms with Crippen LogP contribution in [0, 0.1) is 5.92 Å². The molecule has 2 rings (SSSR count). The van der Waals surface area contributed by atoms with E-state index in [1.165, 1.54) is 64.7 Å². The molecule has 1 aliphatic heterocycles. The Labute approximate surface area is 106 Å². The average Bonchev–Trinajstić information content (AvgIpc) is 2.99. The summed E-state index contributed by atoms with van der Waals surface area (Å²) in [6.07, 6.45) is 8.23. The SMILES string of the molecule is CN(CCCN1CCCC1)C1CCCC1CN. The molecule has 0 aromatic carbocycles. The maximum atomic E-state index is 5.86. The Balaban J connectivity index is 1.64. The number of rotatable bonds is 6. The van der Waals surface area contributed by atoms with Gasteiger partial charge in [0.25, 0.3) is 0 Å². The number of likely N-dealkylation sites (tertiary alicyclic amines) is 1. The van der Waals surface area contributed by atoms with Crippen molar-refractivity contribution in [1.82, 2.24) is 9.80 Å². The monoisotopic (exact) mass is 239 g/mol. The average molecular weight is 239 g/mol. The molecule has 2 fully saturated rings. The second-order valence-corrected chi connectivity index (χ2v) is 5.88. The molecule has 0 bridgehead atoms. The Morgan fingerprint density at radius 1 is 1.18 bits per heavy atom. The van der Waals surface area contributed by atoms with Crippen LogP contribution >= 0.6 is 0 Å². The van der Waals surface area contributed by atoms with E-state index in [9.17, 15) is 0 Å². The van der Waals surface area contributed by atoms with Crippen molar-refractivity contribution in [3.8, 4) is 0 Å². The highest BCUT2D eigenvalue weighted by Crippen LogP contribution is 2.28. The number of nitrogens with two attached hydrogens (primary N) is 1. The highest BCUT2D eigenvalue weighted by molar-refractivity contribution is 4.84. The highest BCUT2D eigenvalue weighted by Gasteiger charge is 2.28. The summed E-state index contributed by atoms with van der Waals surface area (Å²) in [5.41, 5.74) is 5.86. The lowest BCUT2D eigenvalue weighted by atomic mass is 10.0. The molecule has 1 aliphatic carbocycles. The summed E-state index contributed by atoms with van der Waals surface area (Å²) in [6.45, 7) is 6.08. The molecule has 0 spiro atoms. The van der Waals surface area contributed by atoms with Gasteiger partial charge in [0.2, 0.25) is 0 Å². The normalized spacial score (nSPS) is 30.5. The van der Waals surface area contributed by atoms with Crippen molar-refractivity contribution in [2.24, 2.45) is 11.7 Å². The fraction of sp³-hybridized carbons (Fsp3) is 1.00. The van der Waals surface area contributed by atoms with Gasteiger partial charge in [-0.1, -0.05) is 6.42 Å². The summed E-state index contributed by atoms with van der Waals surface area (Å²) in [5, 5.41) is 0. The third-order valence-electron chi connectivity index (χ3n) is 4.67. The van der Waals surface area contributed by atoms with Crippen LogP contribution in [0.5, 0.6) is 0 Å². The van der Waals surface area contributed by atoms with Gasteiger partial charge in [-0.05, 0) is 77.8 Å². The van der Waals surface area contributed by atoms with Crippen LogP contribution in [-0.4, -0.2) is 55.6 Å². The van der Waals surface area contributed by atoms with Crippen LogP contribution < -0.4 is 5.73 Å². The van der Waals surface area contributed by atoms with Gasteiger partial charge in [0.05, 0.1) is 0 Å². The van der Waals surface area contributed by atoms with Crippen LogP contribution in [0.1, 0.15) is 38.5 Å². The van der Waals surface area contributed by atoms with Gasteiger partial charge in [-0.2, -0.15) is 0 Å². The van der Waals surface area contributed by atoms with E-state index in [4.69, 9.17) is 5.73 Å². The predicted molar refractivity (Wildman–Crippen MR) is 73.1 cm³/mol. The topological polar surface area (TPSA) is 32.5 Å². The van der Waals surface area contributed by atoms with Crippen molar-refractivity contribution < 1.29 is 0 Å². The van der Waals surface area contributed by atoms with E-state index in [2.05, 4.69) is 16.8 Å². The highest BCUT2D eigenvalue weighted by atomic mass is 15.2. The number of hydrogen-bond acceptors (Lipinski definition) is 3. The summed E-state index contributed by atoms with van der Waals surface area (Å²) >= 11 is 0. The standard InChI is InChI=1S/C14H29N3/c1-16(14-7-4-6-13(14)12-15)8-5-11-17-9-2-3-10-17/h13-14H,2-12,15H2,1H3. The fourth-order valence-corrected chi connectivity index (χ4v) is 3.59. The van der Waals surface area contributed by atoms with Crippen LogP contribution in [0.4, 0.5) is 0 Å². The third kappa shape index (κ3) is 3.67. The molecule has 2 atom stereocenters. The van der Waals surface area contributed by atoms with Gasteiger partial charge in [0, 0.05) is 6.04 Å². The lowest BCUT2D eigenvalue weighted by Crippen LogP contribution is -2.39. The van der Waals surface area contributed by atoms with E-state index in [1.54, 1.807) is 0 Å². The molecule has 3 heteroatoms. The van der Waals surface area contributed by atoms with E-state index in [0.29, 0.717) is 0 Å². The molecule has 100 valence electrons. The van der Waals surface area contributed by atoms with Crippen molar-refractivity contribution in [1.29, 1.82) is 0 Å². The summed E-state index contributed by atoms with van der Waals surface area (Å²) in [6, 6.07) is 0.763. The molecule has 2 aliphatic rings. The Morgan fingerprint density at radius 2 is 1.94 bits per heavy atom. The zero-order valence-electron chi connectivity index (χ0n) is 11.4. The first kappa shape index (κ1) is 13.3. The van der Waals surface area contributed by atoms with Crippen LogP contribution in [0.3, 0.4) is 0 Å². The van der Waals surface area contributed by atoms with E-state index in [0.717, 1.165) is 18.5 Å². The maximum absolute atomic E-state index is 5.86. The fourth-order valence-electron chi connectivity index (χ4n) is 3.59. The minimum Gasteiger partial charge on any atom is -0.330 e. The van der Waals surface area contributed by atoms with Gasteiger partial charge < -0.3 is 15.5 Å². The van der Waals surface area contributed by atoms with Gasteiger partial charge >= 0.3 is 0 Å². The minimum atomic E-state index is 0.756. The summed E-state index contributed by atoms with van der Waals surface area (Å²) in [7, 11) is 2.29. The van der Waals surface area contributed by atoms with Crippen LogP contribution in [0.2, 0.25) is 0 Å². The third-order valence-corrected chi connectivity index (χ3v) is 4.67. The smallest absolute Gasteiger partial charge is 0.0132 e. The maximum Gasteiger partial charge on any atom is 0.0132 e. The Bertz CT molecular complexity index is 214. The molecular weight excluding hydrogens is 210 g/mol. The molecule has 0 aromatic rings. The molecule has 2 unspecified atom stereocenters. The molecule has 0 aromatic heterocycles. The van der Waals surface area contributed by atoms with Crippen molar-refractivity contribution in [3.63, 3.8) is 0 Å². The molecule has 17 heavy (non-hydrogen) atoms. The van der Waals surface area contributed by atoms with E-state index in [1.807, 2.05) is 0 Å². The van der Waals surface area contributed by atoms with Crippen LogP contribution in [-0.2, 0) is 0 Å². The summed E-state index contributed by atoms with van der Waals surface area (Å²) in [4.78, 5) is 5.18. The van der Waals surface area contributed by atoms with Crippen molar-refractivity contribution in [3.05, 3.63) is 0 Å². The van der Waals surface area contributed by atoms with Crippen LogP contribution in [0.25, 0.3) is 0 Å². The lowest BCUT2D eigenvalue weighted by molar-refractivity contribution is 0.188. The van der Waals surface area contributed by atoms with Gasteiger partial charge in [-0.25, -0.2) is 0 Å². The zero-order valence-corrected chi connectivity index (χ0v) is 11.4. The van der Waals surface area contributed by atoms with Gasteiger partial charge in [0.1, 0.15) is 0 Å². The number of nitrogens with zero attached hydrogens (tertiary/aromatic N) is 2. The zero-order chi connectivity index (χ0) is 12.1. The molecule has 2 N–H and O–H groups in total. The predicted octanol–water partition coefficient (Wildman–Crippen LogP) is 1.53. The first-order valence-corrected chi connectivity index (χ1v) is 7.44. The van der Waals surface area contributed by atoms with Crippen molar-refractivity contribution in [2.75, 3.05) is 39.8 Å². The molecule has 1 saturated carbocycles. The Hall–Kier alpha value is -0.120. The largest absolute Gasteiger partial charge is 0.330 e. The van der Waals surface area contributed by atoms with Gasteiger partial charge in [-0.15, -0.1) is 0 Å². The molecule has 1 saturated heterocycles. The first-order valence-electron chi connectivity index (χ1n) is 7.44. The Morgan fingerprint density at radius 3 is 2.65 bits per heavy atom. The lowest BCUT2D eigenvalue weighted by Gasteiger charge is -2.29. The molecule has 3 nitrogen and oxygen atoms in total. The minimum absolute atomic E-state index is 0.756. The van der Waals surface area contributed by atoms with Gasteiger partial charge in [-0.3, -0.25) is 0 Å². The number of hydrogen-bond donors (Lipinski definition) is 1.